The standard InChI is InChI=1S/C20H19Cl2N3O2/c1-11-18(17(27)10-24-14-6-7-15(24)16(26)8-14)19(21)20(22)25(11)13-4-2-12(9-23)3-5-13/h2-5,14-16,26H,6-8,10H2,1H3/t14?,15?,16-/m1/s1. The van der Waals surface area contributed by atoms with Crippen molar-refractivity contribution in [3.8, 4) is 11.8 Å². The van der Waals surface area contributed by atoms with Gasteiger partial charge in [-0.05, 0) is 50.5 Å². The van der Waals surface area contributed by atoms with Crippen LogP contribution in [0.1, 0.15) is 40.9 Å². The molecule has 2 saturated heterocycles. The van der Waals surface area contributed by atoms with E-state index >= 15 is 0 Å². The molecule has 2 unspecified atom stereocenters. The molecule has 4 rings (SSSR count). The summed E-state index contributed by atoms with van der Waals surface area (Å²) >= 11 is 12.9. The van der Waals surface area contributed by atoms with Crippen molar-refractivity contribution in [2.75, 3.05) is 6.54 Å². The second-order valence-corrected chi connectivity index (χ2v) is 7.99. The zero-order valence-electron chi connectivity index (χ0n) is 14.8. The van der Waals surface area contributed by atoms with Crippen LogP contribution in [-0.2, 0) is 0 Å². The maximum atomic E-state index is 13.0. The van der Waals surface area contributed by atoms with Crippen LogP contribution in [0.2, 0.25) is 10.2 Å². The molecule has 27 heavy (non-hydrogen) atoms. The van der Waals surface area contributed by atoms with Gasteiger partial charge in [-0.2, -0.15) is 5.26 Å². The fourth-order valence-electron chi connectivity index (χ4n) is 4.49. The number of aromatic nitrogens is 1. The highest BCUT2D eigenvalue weighted by Gasteiger charge is 2.46. The molecule has 0 spiro atoms. The Hall–Kier alpha value is -1.84. The van der Waals surface area contributed by atoms with Gasteiger partial charge in [0.2, 0.25) is 0 Å². The van der Waals surface area contributed by atoms with E-state index in [1.807, 2.05) is 6.92 Å². The molecule has 1 aromatic carbocycles. The number of Topliss-reactive ketones (excluding diaryl/α,β-unsaturated/α-hetero) is 1. The van der Waals surface area contributed by atoms with Gasteiger partial charge in [0.25, 0.3) is 0 Å². The van der Waals surface area contributed by atoms with E-state index in [0.717, 1.165) is 24.9 Å². The van der Waals surface area contributed by atoms with Crippen molar-refractivity contribution in [1.82, 2.24) is 9.47 Å². The van der Waals surface area contributed by atoms with Crippen LogP contribution in [0.15, 0.2) is 24.3 Å². The van der Waals surface area contributed by atoms with Gasteiger partial charge < -0.3 is 9.67 Å². The molecule has 3 atom stereocenters. The largest absolute Gasteiger partial charge is 0.391 e. The highest BCUT2D eigenvalue weighted by Crippen LogP contribution is 2.39. The van der Waals surface area contributed by atoms with Crippen molar-refractivity contribution >= 4 is 29.0 Å². The summed E-state index contributed by atoms with van der Waals surface area (Å²) in [5, 5.41) is 19.6. The van der Waals surface area contributed by atoms with Crippen molar-refractivity contribution < 1.29 is 9.90 Å². The van der Waals surface area contributed by atoms with Crippen molar-refractivity contribution in [2.45, 2.75) is 44.4 Å². The van der Waals surface area contributed by atoms with Crippen LogP contribution in [-0.4, -0.2) is 45.1 Å². The zero-order valence-corrected chi connectivity index (χ0v) is 16.3. The maximum absolute atomic E-state index is 13.0. The van der Waals surface area contributed by atoms with E-state index in [1.165, 1.54) is 0 Å². The van der Waals surface area contributed by atoms with Crippen molar-refractivity contribution in [2.24, 2.45) is 0 Å². The third kappa shape index (κ3) is 2.97. The van der Waals surface area contributed by atoms with Crippen LogP contribution < -0.4 is 0 Å². The number of ketones is 1. The highest BCUT2D eigenvalue weighted by molar-refractivity contribution is 6.44. The van der Waals surface area contributed by atoms with Crippen LogP contribution in [0.4, 0.5) is 0 Å². The van der Waals surface area contributed by atoms with Crippen LogP contribution in [0.25, 0.3) is 5.69 Å². The molecule has 0 saturated carbocycles. The first-order valence-electron chi connectivity index (χ1n) is 8.96. The lowest BCUT2D eigenvalue weighted by molar-refractivity contribution is 0.0873. The summed E-state index contributed by atoms with van der Waals surface area (Å²) in [5.41, 5.74) is 2.39. The van der Waals surface area contributed by atoms with E-state index in [1.54, 1.807) is 28.8 Å². The molecule has 1 aromatic heterocycles. The number of nitriles is 1. The second-order valence-electron chi connectivity index (χ2n) is 7.26. The molecule has 2 bridgehead atoms. The Morgan fingerprint density at radius 1 is 1.30 bits per heavy atom. The van der Waals surface area contributed by atoms with E-state index in [-0.39, 0.29) is 40.7 Å². The van der Waals surface area contributed by atoms with Crippen LogP contribution in [0.3, 0.4) is 0 Å². The van der Waals surface area contributed by atoms with E-state index in [2.05, 4.69) is 11.0 Å². The van der Waals surface area contributed by atoms with E-state index < -0.39 is 0 Å². The number of halogens is 2. The predicted octanol–water partition coefficient (Wildman–Crippen LogP) is 3.74. The van der Waals surface area contributed by atoms with Gasteiger partial charge in [-0.15, -0.1) is 0 Å². The normalized spacial score (nSPS) is 24.3. The molecule has 140 valence electrons. The topological polar surface area (TPSA) is 69.3 Å². The molecule has 7 heteroatoms. The summed E-state index contributed by atoms with van der Waals surface area (Å²) in [6, 6.07) is 9.36. The number of carbonyl (C=O) groups excluding carboxylic acids is 1. The van der Waals surface area contributed by atoms with E-state index in [4.69, 9.17) is 28.5 Å². The maximum Gasteiger partial charge on any atom is 0.180 e. The smallest absolute Gasteiger partial charge is 0.180 e. The van der Waals surface area contributed by atoms with E-state index in [0.29, 0.717) is 16.8 Å². The molecule has 0 aliphatic carbocycles. The third-order valence-electron chi connectivity index (χ3n) is 5.80. The SMILES string of the molecule is Cc1c(C(=O)CN2C3CCC2[C@H](O)C3)c(Cl)c(Cl)n1-c1ccc(C#N)cc1. The van der Waals surface area contributed by atoms with Gasteiger partial charge in [0.15, 0.2) is 5.78 Å². The monoisotopic (exact) mass is 403 g/mol. The molecule has 1 N–H and O–H groups in total. The van der Waals surface area contributed by atoms with Crippen LogP contribution >= 0.6 is 23.2 Å². The summed E-state index contributed by atoms with van der Waals surface area (Å²) in [4.78, 5) is 15.1. The molecule has 3 heterocycles. The molecule has 2 aliphatic rings. The summed E-state index contributed by atoms with van der Waals surface area (Å²) < 4.78 is 1.73. The number of hydrogen-bond acceptors (Lipinski definition) is 4. The number of nitrogens with zero attached hydrogens (tertiary/aromatic N) is 3. The highest BCUT2D eigenvalue weighted by atomic mass is 35.5. The van der Waals surface area contributed by atoms with Gasteiger partial charge in [-0.1, -0.05) is 23.2 Å². The lowest BCUT2D eigenvalue weighted by Gasteiger charge is -2.21. The summed E-state index contributed by atoms with van der Waals surface area (Å²) in [7, 11) is 0. The molecule has 5 nitrogen and oxygen atoms in total. The van der Waals surface area contributed by atoms with Gasteiger partial charge in [0.1, 0.15) is 5.15 Å². The average Bonchev–Trinajstić information content (AvgIpc) is 3.24. The fourth-order valence-corrected chi connectivity index (χ4v) is 5.14. The average molecular weight is 404 g/mol. The zero-order chi connectivity index (χ0) is 19.3. The van der Waals surface area contributed by atoms with E-state index in [9.17, 15) is 9.90 Å². The van der Waals surface area contributed by atoms with Crippen molar-refractivity contribution in [3.05, 3.63) is 51.3 Å². The number of rotatable bonds is 4. The third-order valence-corrected chi connectivity index (χ3v) is 6.62. The number of aliphatic hydroxyl groups is 1. The summed E-state index contributed by atoms with van der Waals surface area (Å²) in [6.07, 6.45) is 2.34. The first kappa shape index (κ1) is 18.5. The Balaban J connectivity index is 1.65. The van der Waals surface area contributed by atoms with Gasteiger partial charge in [-0.25, -0.2) is 0 Å². The number of benzene rings is 1. The van der Waals surface area contributed by atoms with Gasteiger partial charge in [0, 0.05) is 23.5 Å². The molecular formula is C20H19Cl2N3O2. The number of carbonyl (C=O) groups is 1. The molecule has 0 radical (unpaired) electrons. The van der Waals surface area contributed by atoms with Crippen LogP contribution in [0, 0.1) is 18.3 Å². The van der Waals surface area contributed by atoms with Gasteiger partial charge >= 0.3 is 0 Å². The Morgan fingerprint density at radius 3 is 2.56 bits per heavy atom. The second kappa shape index (κ2) is 6.96. The Kier molecular flexibility index (Phi) is 4.77. The van der Waals surface area contributed by atoms with Gasteiger partial charge in [-0.3, -0.25) is 9.69 Å². The Morgan fingerprint density at radius 2 is 2.00 bits per heavy atom. The molecule has 2 fully saturated rings. The molecule has 2 aliphatic heterocycles. The van der Waals surface area contributed by atoms with Crippen LogP contribution in [0.5, 0.6) is 0 Å². The summed E-state index contributed by atoms with van der Waals surface area (Å²) in [5.74, 6) is -0.0854. The quantitative estimate of drug-likeness (QED) is 0.789. The minimum absolute atomic E-state index is 0.0640. The minimum atomic E-state index is -0.347. The molecule has 0 amide bonds. The lowest BCUT2D eigenvalue weighted by Crippen LogP contribution is -2.36. The number of aliphatic hydroxyl groups excluding tert-OH is 1. The summed E-state index contributed by atoms with van der Waals surface area (Å²) in [6.45, 7) is 2.05. The predicted molar refractivity (Wildman–Crippen MR) is 104 cm³/mol. The number of fused-ring (bicyclic) bond motifs is 2. The van der Waals surface area contributed by atoms with Crippen molar-refractivity contribution in [3.63, 3.8) is 0 Å². The Bertz CT molecular complexity index is 946. The molecular weight excluding hydrogens is 385 g/mol. The van der Waals surface area contributed by atoms with Crippen molar-refractivity contribution in [1.29, 1.82) is 5.26 Å². The Labute approximate surface area is 167 Å². The molecule has 2 aromatic rings. The minimum Gasteiger partial charge on any atom is -0.391 e. The van der Waals surface area contributed by atoms with Gasteiger partial charge in [0.05, 0.1) is 34.9 Å². The first-order valence-corrected chi connectivity index (χ1v) is 9.71. The first-order chi connectivity index (χ1) is 12.9. The lowest BCUT2D eigenvalue weighted by atomic mass is 9.98. The fraction of sp³-hybridized carbons (Fsp3) is 0.400. The number of hydrogen-bond donors (Lipinski definition) is 1.